The van der Waals surface area contributed by atoms with Crippen LogP contribution in [0.5, 0.6) is 11.5 Å². The fraction of sp³-hybridized carbons (Fsp3) is 0.125. The summed E-state index contributed by atoms with van der Waals surface area (Å²) >= 11 is 12.3. The van der Waals surface area contributed by atoms with Crippen molar-refractivity contribution >= 4 is 40.5 Å². The van der Waals surface area contributed by atoms with E-state index in [9.17, 15) is 25.6 Å². The first-order valence-electron chi connectivity index (χ1n) is 6.82. The van der Waals surface area contributed by atoms with Crippen molar-refractivity contribution in [2.24, 2.45) is 0 Å². The number of benzene rings is 1. The molecule has 0 aliphatic heterocycles. The van der Waals surface area contributed by atoms with E-state index in [1.165, 1.54) is 6.08 Å². The van der Waals surface area contributed by atoms with Crippen molar-refractivity contribution in [2.45, 2.75) is 13.8 Å². The van der Waals surface area contributed by atoms with Crippen LogP contribution in [0, 0.1) is 35.3 Å². The summed E-state index contributed by atoms with van der Waals surface area (Å²) in [4.78, 5) is 14.2. The van der Waals surface area contributed by atoms with Crippen molar-refractivity contribution in [1.82, 2.24) is 4.98 Å². The molecule has 0 unspecified atom stereocenters. The quantitative estimate of drug-likeness (QED) is 0.268. The van der Waals surface area contributed by atoms with Crippen LogP contribution in [0.1, 0.15) is 22.4 Å². The molecule has 1 aromatic carbocycles. The summed E-state index contributed by atoms with van der Waals surface area (Å²) in [6.45, 7) is 3.34. The molecule has 2 N–H and O–H groups in total. The molecule has 0 bridgehead atoms. The number of aromatic hydroxyl groups is 2. The van der Waals surface area contributed by atoms with Crippen LogP contribution in [-0.4, -0.2) is 20.1 Å². The van der Waals surface area contributed by atoms with Gasteiger partial charge < -0.3 is 10.2 Å². The van der Waals surface area contributed by atoms with Crippen molar-refractivity contribution < 1.29 is 15.1 Å². The zero-order chi connectivity index (χ0) is 18.9. The number of hydrogen-bond donors (Lipinski definition) is 2. The molecule has 0 amide bonds. The van der Waals surface area contributed by atoms with Crippen LogP contribution in [0.4, 0.5) is 5.69 Å². The normalized spacial score (nSPS) is 11.2. The molecule has 1 aromatic heterocycles. The van der Waals surface area contributed by atoms with Crippen molar-refractivity contribution in [3.05, 3.63) is 54.8 Å². The fourth-order valence-electron chi connectivity index (χ4n) is 2.28. The minimum Gasteiger partial charge on any atom is -0.504 e. The number of nitro benzene ring substituents is 1. The second-order valence-electron chi connectivity index (χ2n) is 5.14. The summed E-state index contributed by atoms with van der Waals surface area (Å²) in [6, 6.07) is 4.06. The lowest BCUT2D eigenvalue weighted by atomic mass is 10.00. The number of hydrogen-bond acceptors (Lipinski definition) is 6. The molecule has 0 spiro atoms. The van der Waals surface area contributed by atoms with Crippen LogP contribution >= 0.6 is 23.2 Å². The summed E-state index contributed by atoms with van der Waals surface area (Å²) in [5.74, 6) is -1.53. The third kappa shape index (κ3) is 3.50. The highest BCUT2D eigenvalue weighted by atomic mass is 35.5. The monoisotopic (exact) mass is 379 g/mol. The largest absolute Gasteiger partial charge is 0.504 e. The number of allylic oxidation sites excluding steroid dienone is 1. The van der Waals surface area contributed by atoms with Crippen LogP contribution in [0.15, 0.2) is 12.1 Å². The first-order valence-corrected chi connectivity index (χ1v) is 7.57. The number of phenols is 2. The summed E-state index contributed by atoms with van der Waals surface area (Å²) in [7, 11) is 0. The minimum atomic E-state index is -0.852. The second kappa shape index (κ2) is 6.97. The second-order valence-corrected chi connectivity index (χ2v) is 5.87. The predicted octanol–water partition coefficient (Wildman–Crippen LogP) is 4.39. The zero-order valence-corrected chi connectivity index (χ0v) is 14.6. The Morgan fingerprint density at radius 3 is 2.56 bits per heavy atom. The molecular weight excluding hydrogens is 369 g/mol. The lowest BCUT2D eigenvalue weighted by Crippen LogP contribution is -1.97. The van der Waals surface area contributed by atoms with Gasteiger partial charge in [-0.3, -0.25) is 10.1 Å². The molecule has 0 atom stereocenters. The first-order chi connectivity index (χ1) is 11.7. The molecule has 0 fully saturated rings. The molecule has 0 saturated carbocycles. The number of nitriles is 1. The summed E-state index contributed by atoms with van der Waals surface area (Å²) < 4.78 is 0. The van der Waals surface area contributed by atoms with E-state index < -0.39 is 22.1 Å². The number of pyridine rings is 1. The number of aryl methyl sites for hydroxylation is 1. The number of halogens is 2. The molecule has 0 saturated heterocycles. The molecule has 2 rings (SSSR count). The molecular formula is C16H11Cl2N3O4. The average Bonchev–Trinajstić information content (AvgIpc) is 2.54. The maximum absolute atomic E-state index is 10.9. The zero-order valence-electron chi connectivity index (χ0n) is 13.0. The number of nitro groups is 1. The molecule has 0 aliphatic carbocycles. The Hall–Kier alpha value is -2.82. The molecule has 7 nitrogen and oxygen atoms in total. The van der Waals surface area contributed by atoms with Gasteiger partial charge in [0.25, 0.3) is 0 Å². The van der Waals surface area contributed by atoms with Gasteiger partial charge in [-0.25, -0.2) is 4.98 Å². The highest BCUT2D eigenvalue weighted by Gasteiger charge is 2.20. The number of rotatable bonds is 3. The third-order valence-electron chi connectivity index (χ3n) is 3.48. The highest BCUT2D eigenvalue weighted by molar-refractivity contribution is 6.35. The van der Waals surface area contributed by atoms with Crippen molar-refractivity contribution in [3.63, 3.8) is 0 Å². The van der Waals surface area contributed by atoms with E-state index in [4.69, 9.17) is 23.2 Å². The maximum atomic E-state index is 10.9. The molecule has 0 aliphatic rings. The van der Waals surface area contributed by atoms with Gasteiger partial charge in [-0.05, 0) is 37.1 Å². The average molecular weight is 380 g/mol. The van der Waals surface area contributed by atoms with Crippen LogP contribution in [0.25, 0.3) is 11.6 Å². The lowest BCUT2D eigenvalue weighted by molar-refractivity contribution is -0.386. The number of nitrogens with zero attached hydrogens (tertiary/aromatic N) is 3. The topological polar surface area (TPSA) is 120 Å². The van der Waals surface area contributed by atoms with Crippen molar-refractivity contribution in [3.8, 4) is 17.6 Å². The Labute approximate surface area is 152 Å². The van der Waals surface area contributed by atoms with Gasteiger partial charge in [0, 0.05) is 11.6 Å². The van der Waals surface area contributed by atoms with Gasteiger partial charge in [-0.1, -0.05) is 23.2 Å². The molecule has 9 heteroatoms. The Kier molecular flexibility index (Phi) is 5.16. The molecule has 128 valence electrons. The standard InChI is InChI=1S/C16H11Cl2N3O4/c1-7-13(16(18)20-8(2)14(7)17)10(6-19)3-9-4-11(21(24)25)15(23)12(22)5-9/h3-5,22-23H,1-2H3. The Bertz CT molecular complexity index is 965. The number of phenolic OH excluding ortho intramolecular Hbond substituents is 2. The van der Waals surface area contributed by atoms with Crippen molar-refractivity contribution in [2.75, 3.05) is 0 Å². The van der Waals surface area contributed by atoms with E-state index in [1.54, 1.807) is 13.8 Å². The van der Waals surface area contributed by atoms with E-state index >= 15 is 0 Å². The smallest absolute Gasteiger partial charge is 0.315 e. The molecule has 0 radical (unpaired) electrons. The van der Waals surface area contributed by atoms with Gasteiger partial charge in [-0.15, -0.1) is 0 Å². The van der Waals surface area contributed by atoms with Crippen molar-refractivity contribution in [1.29, 1.82) is 5.26 Å². The van der Waals surface area contributed by atoms with Gasteiger partial charge in [0.1, 0.15) is 5.15 Å². The first kappa shape index (κ1) is 18.5. The Balaban J connectivity index is 2.71. The van der Waals surface area contributed by atoms with E-state index in [0.717, 1.165) is 12.1 Å². The summed E-state index contributed by atoms with van der Waals surface area (Å²) in [5, 5.41) is 40.0. The van der Waals surface area contributed by atoms with Crippen LogP contribution in [0.3, 0.4) is 0 Å². The Morgan fingerprint density at radius 1 is 1.36 bits per heavy atom. The van der Waals surface area contributed by atoms with E-state index in [-0.39, 0.29) is 21.9 Å². The van der Waals surface area contributed by atoms with Gasteiger partial charge in [0.2, 0.25) is 5.75 Å². The Morgan fingerprint density at radius 2 is 2.00 bits per heavy atom. The van der Waals surface area contributed by atoms with E-state index in [1.807, 2.05) is 6.07 Å². The SMILES string of the molecule is Cc1nc(Cl)c(C(C#N)=Cc2cc(O)c(O)c([N+](=O)[O-])c2)c(C)c1Cl. The predicted molar refractivity (Wildman–Crippen MR) is 93.6 cm³/mol. The molecule has 1 heterocycles. The van der Waals surface area contributed by atoms with Crippen LogP contribution in [0.2, 0.25) is 10.2 Å². The maximum Gasteiger partial charge on any atom is 0.315 e. The highest BCUT2D eigenvalue weighted by Crippen LogP contribution is 2.38. The van der Waals surface area contributed by atoms with Gasteiger partial charge in [0.05, 0.1) is 27.3 Å². The van der Waals surface area contributed by atoms with Gasteiger partial charge in [0.15, 0.2) is 5.75 Å². The van der Waals surface area contributed by atoms with Crippen LogP contribution in [-0.2, 0) is 0 Å². The van der Waals surface area contributed by atoms with Gasteiger partial charge >= 0.3 is 5.69 Å². The summed E-state index contributed by atoms with van der Waals surface area (Å²) in [6.07, 6.45) is 1.29. The third-order valence-corrected chi connectivity index (χ3v) is 4.31. The fourth-order valence-corrected chi connectivity index (χ4v) is 2.78. The molecule has 2 aromatic rings. The lowest BCUT2D eigenvalue weighted by Gasteiger charge is -2.11. The van der Waals surface area contributed by atoms with E-state index in [2.05, 4.69) is 4.98 Å². The summed E-state index contributed by atoms with van der Waals surface area (Å²) in [5.41, 5.74) is 0.816. The van der Waals surface area contributed by atoms with Crippen LogP contribution < -0.4 is 0 Å². The minimum absolute atomic E-state index is 0.0521. The van der Waals surface area contributed by atoms with Gasteiger partial charge in [-0.2, -0.15) is 5.26 Å². The molecule has 25 heavy (non-hydrogen) atoms. The number of aromatic nitrogens is 1. The van der Waals surface area contributed by atoms with E-state index in [0.29, 0.717) is 16.3 Å².